The number of hydrogen-bond donors (Lipinski definition) is 2. The van der Waals surface area contributed by atoms with Crippen LogP contribution in [-0.2, 0) is 16.1 Å². The minimum absolute atomic E-state index is 0.157. The van der Waals surface area contributed by atoms with E-state index in [2.05, 4.69) is 10.6 Å². The maximum absolute atomic E-state index is 13.6. The SMILES string of the molecule is COc1cccc(CN2C(=O)O[C@@H](c3ccc(NC(=O)c4ccc(C)cc4)cc3)[C@H]2C(=O)Nc2ccccc2)c1. The second-order valence-electron chi connectivity index (χ2n) is 9.53. The fraction of sp³-hybridized carbons (Fsp3) is 0.156. The first-order valence-electron chi connectivity index (χ1n) is 12.9. The van der Waals surface area contributed by atoms with Crippen LogP contribution in [0.4, 0.5) is 16.2 Å². The lowest BCUT2D eigenvalue weighted by atomic mass is 10.00. The molecule has 1 aliphatic heterocycles. The van der Waals surface area contributed by atoms with Gasteiger partial charge >= 0.3 is 6.09 Å². The van der Waals surface area contributed by atoms with E-state index >= 15 is 0 Å². The Kier molecular flexibility index (Phi) is 7.77. The lowest BCUT2D eigenvalue weighted by Gasteiger charge is -2.24. The number of rotatable bonds is 8. The number of ether oxygens (including phenoxy) is 2. The molecule has 2 N–H and O–H groups in total. The molecule has 0 unspecified atom stereocenters. The number of amides is 3. The van der Waals surface area contributed by atoms with E-state index < -0.39 is 18.2 Å². The van der Waals surface area contributed by atoms with Crippen LogP contribution in [0.1, 0.15) is 33.2 Å². The van der Waals surface area contributed by atoms with Crippen molar-refractivity contribution in [2.45, 2.75) is 25.6 Å². The summed E-state index contributed by atoms with van der Waals surface area (Å²) in [7, 11) is 1.57. The third kappa shape index (κ3) is 5.96. The lowest BCUT2D eigenvalue weighted by Crippen LogP contribution is -2.43. The summed E-state index contributed by atoms with van der Waals surface area (Å²) in [4.78, 5) is 40.8. The highest BCUT2D eigenvalue weighted by Gasteiger charge is 2.47. The molecule has 0 saturated carbocycles. The van der Waals surface area contributed by atoms with Crippen molar-refractivity contribution in [3.63, 3.8) is 0 Å². The van der Waals surface area contributed by atoms with Gasteiger partial charge in [0.1, 0.15) is 5.75 Å². The molecule has 1 fully saturated rings. The summed E-state index contributed by atoms with van der Waals surface area (Å²) in [6.45, 7) is 2.12. The number of carbonyl (C=O) groups is 3. The molecule has 40 heavy (non-hydrogen) atoms. The van der Waals surface area contributed by atoms with Crippen molar-refractivity contribution in [3.8, 4) is 5.75 Å². The molecule has 8 heteroatoms. The predicted molar refractivity (Wildman–Crippen MR) is 152 cm³/mol. The Labute approximate surface area is 232 Å². The summed E-state index contributed by atoms with van der Waals surface area (Å²) in [6, 6.07) is 29.7. The highest BCUT2D eigenvalue weighted by molar-refractivity contribution is 6.04. The number of anilines is 2. The summed E-state index contributed by atoms with van der Waals surface area (Å²) in [5, 5.41) is 5.78. The number of methoxy groups -OCH3 is 1. The van der Waals surface area contributed by atoms with Crippen molar-refractivity contribution < 1.29 is 23.9 Å². The minimum Gasteiger partial charge on any atom is -0.497 e. The van der Waals surface area contributed by atoms with Gasteiger partial charge in [-0.05, 0) is 66.6 Å². The van der Waals surface area contributed by atoms with Gasteiger partial charge in [0.2, 0.25) is 0 Å². The Hall–Kier alpha value is -5.11. The van der Waals surface area contributed by atoms with Crippen molar-refractivity contribution in [3.05, 3.63) is 125 Å². The highest BCUT2D eigenvalue weighted by Crippen LogP contribution is 2.35. The summed E-state index contributed by atoms with van der Waals surface area (Å²) in [5.74, 6) is 0.0431. The first-order chi connectivity index (χ1) is 19.4. The molecule has 4 aromatic rings. The van der Waals surface area contributed by atoms with Crippen molar-refractivity contribution in [2.24, 2.45) is 0 Å². The Balaban J connectivity index is 1.39. The zero-order valence-electron chi connectivity index (χ0n) is 22.2. The number of carbonyl (C=O) groups excluding carboxylic acids is 3. The van der Waals surface area contributed by atoms with E-state index in [0.717, 1.165) is 11.1 Å². The summed E-state index contributed by atoms with van der Waals surface area (Å²) < 4.78 is 11.1. The smallest absolute Gasteiger partial charge is 0.411 e. The number of aryl methyl sites for hydroxylation is 1. The molecule has 0 bridgehead atoms. The van der Waals surface area contributed by atoms with Gasteiger partial charge < -0.3 is 20.1 Å². The molecule has 0 aliphatic carbocycles. The van der Waals surface area contributed by atoms with Crippen LogP contribution in [0.2, 0.25) is 0 Å². The molecule has 8 nitrogen and oxygen atoms in total. The van der Waals surface area contributed by atoms with Crippen molar-refractivity contribution in [1.29, 1.82) is 0 Å². The quantitative estimate of drug-likeness (QED) is 0.290. The van der Waals surface area contributed by atoms with Crippen LogP contribution < -0.4 is 15.4 Å². The molecule has 0 aromatic heterocycles. The Bertz CT molecular complexity index is 1500. The molecule has 0 spiro atoms. The lowest BCUT2D eigenvalue weighted by molar-refractivity contribution is -0.121. The molecular weight excluding hydrogens is 506 g/mol. The Morgan fingerprint density at radius 2 is 1.55 bits per heavy atom. The predicted octanol–water partition coefficient (Wildman–Crippen LogP) is 5.96. The summed E-state index contributed by atoms with van der Waals surface area (Å²) in [5.41, 5.74) is 4.23. The van der Waals surface area contributed by atoms with Crippen molar-refractivity contribution in [2.75, 3.05) is 17.7 Å². The summed E-state index contributed by atoms with van der Waals surface area (Å²) >= 11 is 0. The van der Waals surface area contributed by atoms with Gasteiger partial charge in [0.05, 0.1) is 13.7 Å². The van der Waals surface area contributed by atoms with Gasteiger partial charge in [-0.15, -0.1) is 0 Å². The Morgan fingerprint density at radius 3 is 2.25 bits per heavy atom. The molecule has 3 amide bonds. The zero-order chi connectivity index (χ0) is 28.1. The van der Waals surface area contributed by atoms with E-state index in [1.807, 2.05) is 61.5 Å². The summed E-state index contributed by atoms with van der Waals surface area (Å²) in [6.07, 6.45) is -1.46. The van der Waals surface area contributed by atoms with Crippen LogP contribution in [0.25, 0.3) is 0 Å². The van der Waals surface area contributed by atoms with E-state index in [9.17, 15) is 14.4 Å². The largest absolute Gasteiger partial charge is 0.497 e. The fourth-order valence-corrected chi connectivity index (χ4v) is 4.58. The minimum atomic E-state index is -0.938. The number of nitrogens with zero attached hydrogens (tertiary/aromatic N) is 1. The maximum Gasteiger partial charge on any atom is 0.411 e. The molecule has 2 atom stereocenters. The molecule has 1 aliphatic rings. The maximum atomic E-state index is 13.6. The molecule has 4 aromatic carbocycles. The average molecular weight is 536 g/mol. The van der Waals surface area contributed by atoms with Crippen molar-refractivity contribution >= 4 is 29.3 Å². The van der Waals surface area contributed by atoms with E-state index in [0.29, 0.717) is 28.3 Å². The van der Waals surface area contributed by atoms with E-state index in [4.69, 9.17) is 9.47 Å². The molecule has 0 radical (unpaired) electrons. The third-order valence-corrected chi connectivity index (χ3v) is 6.69. The van der Waals surface area contributed by atoms with Gasteiger partial charge in [-0.25, -0.2) is 4.79 Å². The van der Waals surface area contributed by atoms with Crippen LogP contribution >= 0.6 is 0 Å². The van der Waals surface area contributed by atoms with E-state index in [-0.39, 0.29) is 18.4 Å². The van der Waals surface area contributed by atoms with Crippen LogP contribution in [-0.4, -0.2) is 36.0 Å². The number of cyclic esters (lactones) is 1. The van der Waals surface area contributed by atoms with Gasteiger partial charge in [0.15, 0.2) is 12.1 Å². The molecule has 202 valence electrons. The Morgan fingerprint density at radius 1 is 0.850 bits per heavy atom. The molecular formula is C32H29N3O5. The number of para-hydroxylation sites is 1. The van der Waals surface area contributed by atoms with E-state index in [1.54, 1.807) is 55.6 Å². The average Bonchev–Trinajstić information content (AvgIpc) is 3.30. The van der Waals surface area contributed by atoms with Gasteiger partial charge in [0.25, 0.3) is 11.8 Å². The van der Waals surface area contributed by atoms with Crippen molar-refractivity contribution in [1.82, 2.24) is 4.90 Å². The van der Waals surface area contributed by atoms with Gasteiger partial charge in [-0.1, -0.05) is 60.2 Å². The van der Waals surface area contributed by atoms with Crippen LogP contribution in [0, 0.1) is 6.92 Å². The third-order valence-electron chi connectivity index (χ3n) is 6.69. The van der Waals surface area contributed by atoms with Crippen LogP contribution in [0.3, 0.4) is 0 Å². The highest BCUT2D eigenvalue weighted by atomic mass is 16.6. The van der Waals surface area contributed by atoms with Crippen LogP contribution in [0.15, 0.2) is 103 Å². The van der Waals surface area contributed by atoms with Crippen LogP contribution in [0.5, 0.6) is 5.75 Å². The second-order valence-corrected chi connectivity index (χ2v) is 9.53. The normalized spacial score (nSPS) is 16.2. The second kappa shape index (κ2) is 11.7. The first kappa shape index (κ1) is 26.5. The number of benzene rings is 4. The standard InChI is InChI=1S/C32H29N3O5/c1-21-11-13-24(14-12-21)30(36)33-26-17-15-23(16-18-26)29-28(31(37)34-25-8-4-3-5-9-25)35(32(38)40-29)20-22-7-6-10-27(19-22)39-2/h3-19,28-29H,20H2,1-2H3,(H,33,36)(H,34,37)/t28-,29-/m0/s1. The molecule has 5 rings (SSSR count). The molecule has 1 heterocycles. The number of nitrogens with one attached hydrogen (secondary N) is 2. The van der Waals surface area contributed by atoms with Gasteiger partial charge in [-0.3, -0.25) is 14.5 Å². The fourth-order valence-electron chi connectivity index (χ4n) is 4.58. The monoisotopic (exact) mass is 535 g/mol. The zero-order valence-corrected chi connectivity index (χ0v) is 22.2. The first-order valence-corrected chi connectivity index (χ1v) is 12.9. The number of hydrogen-bond acceptors (Lipinski definition) is 5. The molecule has 1 saturated heterocycles. The topological polar surface area (TPSA) is 97.0 Å². The van der Waals surface area contributed by atoms with Gasteiger partial charge in [-0.2, -0.15) is 0 Å². The van der Waals surface area contributed by atoms with E-state index in [1.165, 1.54) is 4.90 Å². The van der Waals surface area contributed by atoms with Gasteiger partial charge in [0, 0.05) is 16.9 Å².